The van der Waals surface area contributed by atoms with Gasteiger partial charge in [-0.1, -0.05) is 6.07 Å². The van der Waals surface area contributed by atoms with E-state index in [4.69, 9.17) is 0 Å². The average Bonchev–Trinajstić information content (AvgIpc) is 3.06. The Labute approximate surface area is 150 Å². The second kappa shape index (κ2) is 6.18. The van der Waals surface area contributed by atoms with Crippen molar-refractivity contribution in [2.45, 2.75) is 26.8 Å². The summed E-state index contributed by atoms with van der Waals surface area (Å²) in [6.07, 6.45) is 1.88. The number of pyridine rings is 1. The van der Waals surface area contributed by atoms with Gasteiger partial charge in [-0.05, 0) is 51.1 Å². The van der Waals surface area contributed by atoms with Gasteiger partial charge in [-0.2, -0.15) is 0 Å². The first-order valence-corrected chi connectivity index (χ1v) is 8.38. The minimum Gasteiger partial charge on any atom is -0.342 e. The summed E-state index contributed by atoms with van der Waals surface area (Å²) >= 11 is 0. The van der Waals surface area contributed by atoms with Crippen molar-refractivity contribution in [2.24, 2.45) is 0 Å². The third-order valence-corrected chi connectivity index (χ3v) is 4.41. The summed E-state index contributed by atoms with van der Waals surface area (Å²) in [7, 11) is 0. The number of amides is 1. The molecule has 4 rings (SSSR count). The lowest BCUT2D eigenvalue weighted by Gasteiger charge is -2.13. The molecule has 0 unspecified atom stereocenters. The molecule has 0 aliphatic rings. The van der Waals surface area contributed by atoms with Gasteiger partial charge in [0.15, 0.2) is 11.5 Å². The number of carbonyl (C=O) groups excluding carboxylic acids is 1. The number of nitrogens with one attached hydrogen (secondary N) is 1. The molecule has 1 atom stereocenters. The topological polar surface area (TPSA) is 85.1 Å². The number of benzene rings is 1. The van der Waals surface area contributed by atoms with Gasteiger partial charge in [0.1, 0.15) is 0 Å². The first-order chi connectivity index (χ1) is 12.5. The second-order valence-corrected chi connectivity index (χ2v) is 6.28. The van der Waals surface area contributed by atoms with Crippen LogP contribution in [0.25, 0.3) is 16.7 Å². The molecule has 0 saturated heterocycles. The minimum absolute atomic E-state index is 0.188. The molecule has 1 amide bonds. The summed E-state index contributed by atoms with van der Waals surface area (Å²) in [5.74, 6) is 0.494. The van der Waals surface area contributed by atoms with Crippen molar-refractivity contribution in [3.63, 3.8) is 0 Å². The van der Waals surface area contributed by atoms with Crippen LogP contribution < -0.4 is 5.32 Å². The van der Waals surface area contributed by atoms with Crippen molar-refractivity contribution in [1.29, 1.82) is 0 Å². The van der Waals surface area contributed by atoms with E-state index in [1.165, 1.54) is 0 Å². The summed E-state index contributed by atoms with van der Waals surface area (Å²) in [6.45, 7) is 5.72. The molecule has 0 radical (unpaired) electrons. The van der Waals surface area contributed by atoms with Crippen LogP contribution in [0.4, 0.5) is 0 Å². The van der Waals surface area contributed by atoms with Crippen molar-refractivity contribution < 1.29 is 4.79 Å². The molecular formula is C19H18N6O. The Morgan fingerprint density at radius 1 is 1.04 bits per heavy atom. The van der Waals surface area contributed by atoms with Gasteiger partial charge in [0.25, 0.3) is 5.91 Å². The first kappa shape index (κ1) is 16.1. The van der Waals surface area contributed by atoms with E-state index < -0.39 is 0 Å². The van der Waals surface area contributed by atoms with Crippen molar-refractivity contribution in [1.82, 2.24) is 29.9 Å². The molecule has 0 bridgehead atoms. The maximum absolute atomic E-state index is 12.7. The highest BCUT2D eigenvalue weighted by Gasteiger charge is 2.17. The van der Waals surface area contributed by atoms with Crippen molar-refractivity contribution in [2.75, 3.05) is 0 Å². The minimum atomic E-state index is -0.290. The number of hydrogen-bond acceptors (Lipinski definition) is 5. The smallest absolute Gasteiger partial charge is 0.251 e. The van der Waals surface area contributed by atoms with E-state index in [1.54, 1.807) is 12.1 Å². The van der Waals surface area contributed by atoms with Crippen LogP contribution in [0.15, 0.2) is 42.6 Å². The Hall–Kier alpha value is -3.35. The molecule has 0 fully saturated rings. The maximum atomic E-state index is 12.7. The lowest BCUT2D eigenvalue weighted by molar-refractivity contribution is 0.0938. The summed E-state index contributed by atoms with van der Waals surface area (Å²) in [6, 6.07) is 10.7. The summed E-state index contributed by atoms with van der Waals surface area (Å²) in [4.78, 5) is 21.7. The fourth-order valence-electron chi connectivity index (χ4n) is 2.87. The van der Waals surface area contributed by atoms with E-state index in [2.05, 4.69) is 25.5 Å². The van der Waals surface area contributed by atoms with Gasteiger partial charge >= 0.3 is 0 Å². The molecule has 7 heteroatoms. The van der Waals surface area contributed by atoms with Crippen LogP contribution in [0.2, 0.25) is 0 Å². The summed E-state index contributed by atoms with van der Waals surface area (Å²) in [5.41, 5.74) is 4.52. The predicted molar refractivity (Wildman–Crippen MR) is 97.9 cm³/mol. The molecule has 7 nitrogen and oxygen atoms in total. The van der Waals surface area contributed by atoms with Gasteiger partial charge in [0.2, 0.25) is 0 Å². The van der Waals surface area contributed by atoms with Crippen LogP contribution in [-0.2, 0) is 0 Å². The molecule has 0 spiro atoms. The normalized spacial score (nSPS) is 12.4. The van der Waals surface area contributed by atoms with E-state index in [0.717, 1.165) is 22.6 Å². The Morgan fingerprint density at radius 3 is 2.62 bits per heavy atom. The third kappa shape index (κ3) is 2.77. The lowest BCUT2D eigenvalue weighted by Crippen LogP contribution is -2.28. The SMILES string of the molecule is Cc1nc2ccc(C(=O)N[C@@H](C)c3nnc4ccccn34)cc2nc1C. The van der Waals surface area contributed by atoms with E-state index in [0.29, 0.717) is 16.9 Å². The largest absolute Gasteiger partial charge is 0.342 e. The molecule has 1 N–H and O–H groups in total. The predicted octanol–water partition coefficient (Wildman–Crippen LogP) is 2.78. The van der Waals surface area contributed by atoms with Gasteiger partial charge in [-0.15, -0.1) is 10.2 Å². The molecule has 130 valence electrons. The van der Waals surface area contributed by atoms with Crippen molar-refractivity contribution >= 4 is 22.6 Å². The number of aromatic nitrogens is 5. The Balaban J connectivity index is 1.61. The number of nitrogens with zero attached hydrogens (tertiary/aromatic N) is 5. The molecule has 3 aromatic heterocycles. The standard InChI is InChI=1S/C19H18N6O/c1-11-12(2)21-16-10-14(7-8-15(16)20-11)19(26)22-13(3)18-24-23-17-6-4-5-9-25(17)18/h4-10,13H,1-3H3,(H,22,26)/t13-/m0/s1. The number of carbonyl (C=O) groups is 1. The number of fused-ring (bicyclic) bond motifs is 2. The highest BCUT2D eigenvalue weighted by molar-refractivity contribution is 5.97. The Kier molecular flexibility index (Phi) is 3.84. The summed E-state index contributed by atoms with van der Waals surface area (Å²) < 4.78 is 1.86. The third-order valence-electron chi connectivity index (χ3n) is 4.41. The lowest BCUT2D eigenvalue weighted by atomic mass is 10.1. The highest BCUT2D eigenvalue weighted by atomic mass is 16.1. The quantitative estimate of drug-likeness (QED) is 0.616. The van der Waals surface area contributed by atoms with E-state index in [1.807, 2.05) is 55.6 Å². The zero-order valence-electron chi connectivity index (χ0n) is 14.8. The number of aryl methyl sites for hydroxylation is 2. The zero-order valence-corrected chi connectivity index (χ0v) is 14.8. The molecule has 0 saturated carbocycles. The second-order valence-electron chi connectivity index (χ2n) is 6.28. The van der Waals surface area contributed by atoms with Crippen LogP contribution in [-0.4, -0.2) is 30.5 Å². The first-order valence-electron chi connectivity index (χ1n) is 8.38. The van der Waals surface area contributed by atoms with Crippen LogP contribution in [0.3, 0.4) is 0 Å². The fourth-order valence-corrected chi connectivity index (χ4v) is 2.87. The Bertz CT molecular complexity index is 1130. The van der Waals surface area contributed by atoms with Gasteiger partial charge < -0.3 is 5.32 Å². The van der Waals surface area contributed by atoms with E-state index in [-0.39, 0.29) is 11.9 Å². The van der Waals surface area contributed by atoms with Crippen LogP contribution in [0, 0.1) is 13.8 Å². The monoisotopic (exact) mass is 346 g/mol. The Morgan fingerprint density at radius 2 is 1.81 bits per heavy atom. The number of hydrogen-bond donors (Lipinski definition) is 1. The van der Waals surface area contributed by atoms with Gasteiger partial charge in [-0.3, -0.25) is 9.20 Å². The number of rotatable bonds is 3. The molecular weight excluding hydrogens is 328 g/mol. The van der Waals surface area contributed by atoms with E-state index in [9.17, 15) is 4.79 Å². The molecule has 26 heavy (non-hydrogen) atoms. The highest BCUT2D eigenvalue weighted by Crippen LogP contribution is 2.16. The van der Waals surface area contributed by atoms with Crippen LogP contribution in [0.1, 0.15) is 40.5 Å². The maximum Gasteiger partial charge on any atom is 0.251 e. The van der Waals surface area contributed by atoms with Gasteiger partial charge in [0, 0.05) is 11.8 Å². The van der Waals surface area contributed by atoms with Crippen LogP contribution in [0.5, 0.6) is 0 Å². The average molecular weight is 346 g/mol. The molecule has 4 aromatic rings. The van der Waals surface area contributed by atoms with Gasteiger partial charge in [-0.25, -0.2) is 9.97 Å². The van der Waals surface area contributed by atoms with Crippen molar-refractivity contribution in [3.05, 3.63) is 65.4 Å². The van der Waals surface area contributed by atoms with Crippen LogP contribution >= 0.6 is 0 Å². The fraction of sp³-hybridized carbons (Fsp3) is 0.211. The molecule has 1 aromatic carbocycles. The van der Waals surface area contributed by atoms with E-state index >= 15 is 0 Å². The van der Waals surface area contributed by atoms with Crippen molar-refractivity contribution in [3.8, 4) is 0 Å². The molecule has 3 heterocycles. The zero-order chi connectivity index (χ0) is 18.3. The molecule has 0 aliphatic carbocycles. The molecule has 0 aliphatic heterocycles. The van der Waals surface area contributed by atoms with Gasteiger partial charge in [0.05, 0.1) is 28.5 Å². The summed E-state index contributed by atoms with van der Waals surface area (Å²) in [5, 5.41) is 11.3.